The lowest BCUT2D eigenvalue weighted by atomic mass is 10.2. The zero-order valence-corrected chi connectivity index (χ0v) is 9.09. The summed E-state index contributed by atoms with van der Waals surface area (Å²) >= 11 is 0. The number of nitrogens with zero attached hydrogens (tertiary/aromatic N) is 2. The summed E-state index contributed by atoms with van der Waals surface area (Å²) in [6.45, 7) is 5.34. The molecule has 0 fully saturated rings. The number of rotatable bonds is 4. The fraction of sp³-hybridized carbons (Fsp3) is 0.250. The standard InChI is InChI=1S/C12H13N2O2/c1-3-6-9(2)16-12(15)10-7-4-5-8-11(10)14-13/h3-5,7-9H,1,6H2,2H3/q+1. The Balaban J connectivity index is 2.81. The average molecular weight is 217 g/mol. The molecule has 0 aliphatic carbocycles. The number of hydrogen-bond acceptors (Lipinski definition) is 3. The quantitative estimate of drug-likeness (QED) is 0.441. The van der Waals surface area contributed by atoms with Gasteiger partial charge in [0.25, 0.3) is 0 Å². The lowest BCUT2D eigenvalue weighted by Gasteiger charge is -2.09. The van der Waals surface area contributed by atoms with Gasteiger partial charge in [0.2, 0.25) is 5.39 Å². The third-order valence-electron chi connectivity index (χ3n) is 2.04. The third kappa shape index (κ3) is 2.92. The molecule has 0 radical (unpaired) electrons. The van der Waals surface area contributed by atoms with Crippen molar-refractivity contribution in [3.63, 3.8) is 0 Å². The summed E-state index contributed by atoms with van der Waals surface area (Å²) in [6, 6.07) is 6.45. The van der Waals surface area contributed by atoms with Crippen molar-refractivity contribution in [2.45, 2.75) is 19.4 Å². The number of diazo groups is 1. The van der Waals surface area contributed by atoms with Crippen LogP contribution >= 0.6 is 0 Å². The molecule has 1 atom stereocenters. The Morgan fingerprint density at radius 3 is 2.94 bits per heavy atom. The summed E-state index contributed by atoms with van der Waals surface area (Å²) in [6.07, 6.45) is 2.03. The molecule has 0 aromatic heterocycles. The van der Waals surface area contributed by atoms with Crippen LogP contribution in [0.15, 0.2) is 36.9 Å². The van der Waals surface area contributed by atoms with Gasteiger partial charge in [-0.05, 0) is 13.0 Å². The fourth-order valence-corrected chi connectivity index (χ4v) is 1.26. The van der Waals surface area contributed by atoms with Gasteiger partial charge in [-0.1, -0.05) is 18.2 Å². The lowest BCUT2D eigenvalue weighted by molar-refractivity contribution is 0.0349. The van der Waals surface area contributed by atoms with Gasteiger partial charge in [0.15, 0.2) is 10.5 Å². The monoisotopic (exact) mass is 217 g/mol. The Morgan fingerprint density at radius 1 is 1.62 bits per heavy atom. The van der Waals surface area contributed by atoms with Crippen LogP contribution in [-0.2, 0) is 4.74 Å². The molecule has 1 aromatic carbocycles. The highest BCUT2D eigenvalue weighted by Gasteiger charge is 2.21. The molecule has 0 heterocycles. The van der Waals surface area contributed by atoms with Gasteiger partial charge >= 0.3 is 11.7 Å². The van der Waals surface area contributed by atoms with Gasteiger partial charge in [-0.3, -0.25) is 0 Å². The van der Waals surface area contributed by atoms with Gasteiger partial charge in [0.05, 0.1) is 0 Å². The average Bonchev–Trinajstić information content (AvgIpc) is 2.29. The van der Waals surface area contributed by atoms with E-state index in [1.807, 2.05) is 0 Å². The Labute approximate surface area is 94.2 Å². The third-order valence-corrected chi connectivity index (χ3v) is 2.04. The summed E-state index contributed by atoms with van der Waals surface area (Å²) in [7, 11) is 0. The molecule has 0 saturated heterocycles. The van der Waals surface area contributed by atoms with E-state index in [9.17, 15) is 4.79 Å². The van der Waals surface area contributed by atoms with Gasteiger partial charge in [-0.2, -0.15) is 0 Å². The maximum atomic E-state index is 11.7. The van der Waals surface area contributed by atoms with Crippen LogP contribution in [0.2, 0.25) is 0 Å². The van der Waals surface area contributed by atoms with Crippen molar-refractivity contribution >= 4 is 11.7 Å². The molecular weight excluding hydrogens is 204 g/mol. The Morgan fingerprint density at radius 2 is 2.31 bits per heavy atom. The molecule has 0 saturated carbocycles. The molecule has 4 nitrogen and oxygen atoms in total. The molecule has 1 aromatic rings. The first-order chi connectivity index (χ1) is 7.69. The van der Waals surface area contributed by atoms with Crippen LogP contribution in [0.5, 0.6) is 0 Å². The fourth-order valence-electron chi connectivity index (χ4n) is 1.26. The summed E-state index contributed by atoms with van der Waals surface area (Å²) in [5.74, 6) is -0.497. The zero-order valence-electron chi connectivity index (χ0n) is 9.09. The molecule has 0 aliphatic heterocycles. The number of benzene rings is 1. The molecule has 1 unspecified atom stereocenters. The Kier molecular flexibility index (Phi) is 4.22. The summed E-state index contributed by atoms with van der Waals surface area (Å²) in [5.41, 5.74) is 0.458. The van der Waals surface area contributed by atoms with Crippen LogP contribution in [0.1, 0.15) is 23.7 Å². The van der Waals surface area contributed by atoms with E-state index < -0.39 is 5.97 Å². The minimum absolute atomic E-state index is 0.207. The first-order valence-electron chi connectivity index (χ1n) is 4.95. The molecule has 0 amide bonds. The predicted molar refractivity (Wildman–Crippen MR) is 60.9 cm³/mol. The highest BCUT2D eigenvalue weighted by molar-refractivity contribution is 5.95. The van der Waals surface area contributed by atoms with E-state index in [-0.39, 0.29) is 17.4 Å². The zero-order chi connectivity index (χ0) is 12.0. The highest BCUT2D eigenvalue weighted by atomic mass is 16.5. The van der Waals surface area contributed by atoms with Crippen LogP contribution in [-0.4, -0.2) is 12.1 Å². The predicted octanol–water partition coefficient (Wildman–Crippen LogP) is 3.29. The largest absolute Gasteiger partial charge is 0.459 e. The molecule has 82 valence electrons. The molecule has 4 heteroatoms. The first-order valence-corrected chi connectivity index (χ1v) is 4.95. The van der Waals surface area contributed by atoms with E-state index in [2.05, 4.69) is 11.6 Å². The molecule has 0 N–H and O–H groups in total. The molecular formula is C12H13N2O2+. The van der Waals surface area contributed by atoms with Gasteiger partial charge in [-0.15, -0.1) is 6.58 Å². The number of hydrogen-bond donors (Lipinski definition) is 0. The molecule has 1 rings (SSSR count). The minimum Gasteiger partial charge on any atom is -0.459 e. The summed E-state index contributed by atoms with van der Waals surface area (Å²) in [5, 5.41) is 8.71. The van der Waals surface area contributed by atoms with Crippen LogP contribution in [0, 0.1) is 5.39 Å². The van der Waals surface area contributed by atoms with Crippen molar-refractivity contribution in [3.8, 4) is 0 Å². The van der Waals surface area contributed by atoms with Crippen molar-refractivity contribution in [2.24, 2.45) is 0 Å². The van der Waals surface area contributed by atoms with Crippen LogP contribution in [0.4, 0.5) is 5.69 Å². The van der Waals surface area contributed by atoms with Crippen LogP contribution in [0.25, 0.3) is 4.98 Å². The van der Waals surface area contributed by atoms with E-state index in [4.69, 9.17) is 10.1 Å². The van der Waals surface area contributed by atoms with Crippen molar-refractivity contribution in [2.75, 3.05) is 0 Å². The maximum absolute atomic E-state index is 11.7. The van der Waals surface area contributed by atoms with Crippen molar-refractivity contribution in [1.29, 1.82) is 5.39 Å². The normalized spacial score (nSPS) is 11.2. The number of ether oxygens (including phenoxy) is 1. The van der Waals surface area contributed by atoms with Gasteiger partial charge < -0.3 is 4.74 Å². The topological polar surface area (TPSA) is 54.5 Å². The Hall–Kier alpha value is -2.15. The van der Waals surface area contributed by atoms with E-state index in [0.717, 1.165) is 0 Å². The molecule has 0 aliphatic rings. The number of carbonyl (C=O) groups is 1. The highest BCUT2D eigenvalue weighted by Crippen LogP contribution is 2.20. The second-order valence-electron chi connectivity index (χ2n) is 3.36. The van der Waals surface area contributed by atoms with Crippen molar-refractivity contribution < 1.29 is 9.53 Å². The second kappa shape index (κ2) is 5.66. The van der Waals surface area contributed by atoms with Gasteiger partial charge in [-0.25, -0.2) is 4.79 Å². The van der Waals surface area contributed by atoms with Gasteiger partial charge in [0.1, 0.15) is 6.10 Å². The van der Waals surface area contributed by atoms with E-state index >= 15 is 0 Å². The van der Waals surface area contributed by atoms with E-state index in [1.54, 1.807) is 31.2 Å². The maximum Gasteiger partial charge on any atom is 0.399 e. The van der Waals surface area contributed by atoms with Gasteiger partial charge in [0, 0.05) is 12.5 Å². The minimum atomic E-state index is -0.497. The van der Waals surface area contributed by atoms with E-state index in [0.29, 0.717) is 6.42 Å². The molecule has 0 bridgehead atoms. The van der Waals surface area contributed by atoms with Crippen LogP contribution in [0.3, 0.4) is 0 Å². The summed E-state index contributed by atoms with van der Waals surface area (Å²) in [4.78, 5) is 14.7. The smallest absolute Gasteiger partial charge is 0.399 e. The van der Waals surface area contributed by atoms with Crippen LogP contribution < -0.4 is 0 Å². The Bertz CT molecular complexity index is 435. The molecule has 0 spiro atoms. The number of esters is 1. The second-order valence-corrected chi connectivity index (χ2v) is 3.36. The summed E-state index contributed by atoms with van der Waals surface area (Å²) < 4.78 is 5.14. The number of carbonyl (C=O) groups excluding carboxylic acids is 1. The first kappa shape index (κ1) is 11.9. The SMILES string of the molecule is C=CCC(C)OC(=O)c1ccccc1[N+]#N. The molecule has 16 heavy (non-hydrogen) atoms. The van der Waals surface area contributed by atoms with Crippen molar-refractivity contribution in [3.05, 3.63) is 47.5 Å². The van der Waals surface area contributed by atoms with Crippen molar-refractivity contribution in [1.82, 2.24) is 0 Å². The lowest BCUT2D eigenvalue weighted by Crippen LogP contribution is -2.14. The van der Waals surface area contributed by atoms with E-state index in [1.165, 1.54) is 6.07 Å².